The van der Waals surface area contributed by atoms with E-state index in [0.717, 1.165) is 26.1 Å². The Labute approximate surface area is 129 Å². The van der Waals surface area contributed by atoms with Crippen LogP contribution in [0.5, 0.6) is 0 Å². The first kappa shape index (κ1) is 15.9. The van der Waals surface area contributed by atoms with Crippen LogP contribution in [0.2, 0.25) is 0 Å². The number of thiocarbonyl (C=S) groups is 1. The van der Waals surface area contributed by atoms with Crippen molar-refractivity contribution in [3.05, 3.63) is 35.1 Å². The van der Waals surface area contributed by atoms with Gasteiger partial charge in [0.25, 0.3) is 0 Å². The number of hydrogen-bond acceptors (Lipinski definition) is 3. The van der Waals surface area contributed by atoms with Gasteiger partial charge < -0.3 is 10.6 Å². The highest BCUT2D eigenvalue weighted by atomic mass is 32.1. The van der Waals surface area contributed by atoms with Crippen LogP contribution in [-0.4, -0.2) is 46.9 Å². The SMILES string of the molecule is CC(=O)N1CCCN(Cc2ccc(C(N)=S)cc2F)CC1. The number of rotatable bonds is 3. The van der Waals surface area contributed by atoms with Crippen LogP contribution in [0.4, 0.5) is 4.39 Å². The first-order valence-corrected chi connectivity index (χ1v) is 7.44. The van der Waals surface area contributed by atoms with Gasteiger partial charge in [0.1, 0.15) is 10.8 Å². The second kappa shape index (κ2) is 6.95. The average molecular weight is 309 g/mol. The molecule has 2 N–H and O–H groups in total. The molecular formula is C15H20FN3OS. The number of halogens is 1. The fraction of sp³-hybridized carbons (Fsp3) is 0.467. The van der Waals surface area contributed by atoms with Crippen molar-refractivity contribution in [2.24, 2.45) is 5.73 Å². The average Bonchev–Trinajstić information content (AvgIpc) is 2.66. The first-order valence-electron chi connectivity index (χ1n) is 7.03. The number of amides is 1. The van der Waals surface area contributed by atoms with E-state index in [1.54, 1.807) is 19.1 Å². The number of hydrogen-bond donors (Lipinski definition) is 1. The van der Waals surface area contributed by atoms with Crippen LogP contribution in [0, 0.1) is 5.82 Å². The van der Waals surface area contributed by atoms with E-state index in [1.807, 2.05) is 4.90 Å². The Kier molecular flexibility index (Phi) is 5.25. The lowest BCUT2D eigenvalue weighted by atomic mass is 10.1. The van der Waals surface area contributed by atoms with Gasteiger partial charge in [-0.05, 0) is 12.5 Å². The van der Waals surface area contributed by atoms with Crippen molar-refractivity contribution in [2.75, 3.05) is 26.2 Å². The molecule has 0 aromatic heterocycles. The molecule has 0 aliphatic carbocycles. The molecule has 1 heterocycles. The van der Waals surface area contributed by atoms with E-state index in [1.165, 1.54) is 6.07 Å². The molecule has 0 unspecified atom stereocenters. The van der Waals surface area contributed by atoms with Crippen molar-refractivity contribution < 1.29 is 9.18 Å². The molecule has 114 valence electrons. The Balaban J connectivity index is 2.01. The zero-order valence-electron chi connectivity index (χ0n) is 12.1. The van der Waals surface area contributed by atoms with Crippen LogP contribution < -0.4 is 5.73 Å². The highest BCUT2D eigenvalue weighted by molar-refractivity contribution is 7.80. The zero-order chi connectivity index (χ0) is 15.4. The predicted octanol–water partition coefficient (Wildman–Crippen LogP) is 1.51. The summed E-state index contributed by atoms with van der Waals surface area (Å²) in [5.41, 5.74) is 6.68. The van der Waals surface area contributed by atoms with Crippen LogP contribution in [-0.2, 0) is 11.3 Å². The van der Waals surface area contributed by atoms with Gasteiger partial charge in [-0.3, -0.25) is 9.69 Å². The van der Waals surface area contributed by atoms with Crippen LogP contribution >= 0.6 is 12.2 Å². The van der Waals surface area contributed by atoms with Gasteiger partial charge in [0.15, 0.2) is 0 Å². The third-order valence-corrected chi connectivity index (χ3v) is 4.00. The molecule has 1 saturated heterocycles. The Bertz CT molecular complexity index is 550. The first-order chi connectivity index (χ1) is 9.97. The quantitative estimate of drug-likeness (QED) is 0.860. The summed E-state index contributed by atoms with van der Waals surface area (Å²) in [6.45, 7) is 5.21. The number of benzene rings is 1. The summed E-state index contributed by atoms with van der Waals surface area (Å²) in [5.74, 6) is -0.184. The van der Waals surface area contributed by atoms with E-state index in [9.17, 15) is 9.18 Å². The predicted molar refractivity (Wildman–Crippen MR) is 84.4 cm³/mol. The monoisotopic (exact) mass is 309 g/mol. The van der Waals surface area contributed by atoms with Gasteiger partial charge in [0.05, 0.1) is 0 Å². The second-order valence-electron chi connectivity index (χ2n) is 5.31. The summed E-state index contributed by atoms with van der Waals surface area (Å²) in [5, 5.41) is 0. The minimum atomic E-state index is -0.284. The molecule has 1 aliphatic rings. The van der Waals surface area contributed by atoms with Crippen LogP contribution in [0.1, 0.15) is 24.5 Å². The third-order valence-electron chi connectivity index (χ3n) is 3.77. The van der Waals surface area contributed by atoms with Crippen molar-refractivity contribution >= 4 is 23.1 Å². The maximum absolute atomic E-state index is 14.1. The molecule has 0 atom stereocenters. The summed E-state index contributed by atoms with van der Waals surface area (Å²) >= 11 is 4.84. The lowest BCUT2D eigenvalue weighted by Crippen LogP contribution is -2.33. The standard InChI is InChI=1S/C15H20FN3OS/c1-11(20)19-6-2-5-18(7-8-19)10-13-4-3-12(15(17)21)9-14(13)16/h3-4,9H,2,5-8,10H2,1H3,(H2,17,21). The molecule has 1 aromatic carbocycles. The molecule has 1 amide bonds. The molecule has 1 aliphatic heterocycles. The summed E-state index contributed by atoms with van der Waals surface area (Å²) in [6, 6.07) is 4.87. The highest BCUT2D eigenvalue weighted by Gasteiger charge is 2.17. The van der Waals surface area contributed by atoms with Crippen molar-refractivity contribution in [3.63, 3.8) is 0 Å². The summed E-state index contributed by atoms with van der Waals surface area (Å²) in [4.78, 5) is 15.6. The van der Waals surface area contributed by atoms with E-state index in [4.69, 9.17) is 18.0 Å². The van der Waals surface area contributed by atoms with Crippen LogP contribution in [0.15, 0.2) is 18.2 Å². The largest absolute Gasteiger partial charge is 0.389 e. The Morgan fingerprint density at radius 2 is 2.10 bits per heavy atom. The van der Waals surface area contributed by atoms with Gasteiger partial charge in [0, 0.05) is 50.8 Å². The number of nitrogens with two attached hydrogens (primary N) is 1. The van der Waals surface area contributed by atoms with Crippen LogP contribution in [0.25, 0.3) is 0 Å². The molecule has 21 heavy (non-hydrogen) atoms. The minimum absolute atomic E-state index is 0.101. The molecule has 1 aromatic rings. The maximum atomic E-state index is 14.1. The maximum Gasteiger partial charge on any atom is 0.219 e. The summed E-state index contributed by atoms with van der Waals surface area (Å²) in [6.07, 6.45) is 0.909. The van der Waals surface area contributed by atoms with Gasteiger partial charge in [-0.15, -0.1) is 0 Å². The molecule has 0 bridgehead atoms. The summed E-state index contributed by atoms with van der Waals surface area (Å²) < 4.78 is 14.1. The van der Waals surface area contributed by atoms with Crippen molar-refractivity contribution in [3.8, 4) is 0 Å². The molecule has 6 heteroatoms. The van der Waals surface area contributed by atoms with E-state index in [2.05, 4.69) is 4.90 Å². The zero-order valence-corrected chi connectivity index (χ0v) is 13.0. The highest BCUT2D eigenvalue weighted by Crippen LogP contribution is 2.14. The van der Waals surface area contributed by atoms with E-state index >= 15 is 0 Å². The lowest BCUT2D eigenvalue weighted by molar-refractivity contribution is -0.128. The fourth-order valence-electron chi connectivity index (χ4n) is 2.51. The smallest absolute Gasteiger partial charge is 0.219 e. The summed E-state index contributed by atoms with van der Waals surface area (Å²) in [7, 11) is 0. The van der Waals surface area contributed by atoms with Gasteiger partial charge in [-0.2, -0.15) is 0 Å². The lowest BCUT2D eigenvalue weighted by Gasteiger charge is -2.21. The van der Waals surface area contributed by atoms with Crippen molar-refractivity contribution in [1.82, 2.24) is 9.80 Å². The normalized spacial score (nSPS) is 16.6. The Morgan fingerprint density at radius 3 is 2.71 bits per heavy atom. The minimum Gasteiger partial charge on any atom is -0.389 e. The van der Waals surface area contributed by atoms with Gasteiger partial charge in [-0.1, -0.05) is 24.4 Å². The van der Waals surface area contributed by atoms with Crippen molar-refractivity contribution in [2.45, 2.75) is 19.9 Å². The van der Waals surface area contributed by atoms with E-state index in [-0.39, 0.29) is 16.7 Å². The van der Waals surface area contributed by atoms with Gasteiger partial charge in [0.2, 0.25) is 5.91 Å². The molecule has 0 spiro atoms. The Hall–Kier alpha value is -1.53. The van der Waals surface area contributed by atoms with Crippen LogP contribution in [0.3, 0.4) is 0 Å². The topological polar surface area (TPSA) is 49.6 Å². The molecular weight excluding hydrogens is 289 g/mol. The third kappa shape index (κ3) is 4.22. The van der Waals surface area contributed by atoms with E-state index < -0.39 is 0 Å². The van der Waals surface area contributed by atoms with E-state index in [0.29, 0.717) is 24.2 Å². The molecule has 2 rings (SSSR count). The van der Waals surface area contributed by atoms with Gasteiger partial charge >= 0.3 is 0 Å². The Morgan fingerprint density at radius 1 is 1.33 bits per heavy atom. The van der Waals surface area contributed by atoms with Crippen molar-refractivity contribution in [1.29, 1.82) is 0 Å². The molecule has 0 radical (unpaired) electrons. The second-order valence-corrected chi connectivity index (χ2v) is 5.75. The fourth-order valence-corrected chi connectivity index (χ4v) is 2.64. The molecule has 0 saturated carbocycles. The molecule has 4 nitrogen and oxygen atoms in total. The van der Waals surface area contributed by atoms with Gasteiger partial charge in [-0.25, -0.2) is 4.39 Å². The number of carbonyl (C=O) groups excluding carboxylic acids is 1. The number of carbonyl (C=O) groups is 1. The number of nitrogens with zero attached hydrogens (tertiary/aromatic N) is 2. The molecule has 1 fully saturated rings.